The fraction of sp³-hybridized carbons (Fsp3) is 0.421. The number of fused-ring (bicyclic) bond motifs is 1. The number of hydrogen-bond donors (Lipinski definition) is 2. The fourth-order valence-corrected chi connectivity index (χ4v) is 4.01. The second-order valence-corrected chi connectivity index (χ2v) is 8.19. The van der Waals surface area contributed by atoms with E-state index in [1.54, 1.807) is 6.92 Å². The predicted octanol–water partition coefficient (Wildman–Crippen LogP) is 4.33. The van der Waals surface area contributed by atoms with Crippen LogP contribution in [-0.2, 0) is 4.79 Å². The number of rotatable bonds is 7. The highest BCUT2D eigenvalue weighted by Crippen LogP contribution is 2.48. The lowest BCUT2D eigenvalue weighted by atomic mass is 10.2. The second kappa shape index (κ2) is 7.66. The Hall–Kier alpha value is -2.62. The number of imidazole rings is 1. The Morgan fingerprint density at radius 1 is 1.41 bits per heavy atom. The third-order valence-corrected chi connectivity index (χ3v) is 5.89. The van der Waals surface area contributed by atoms with Crippen LogP contribution in [0, 0.1) is 5.92 Å². The van der Waals surface area contributed by atoms with Crippen LogP contribution >= 0.6 is 11.3 Å². The summed E-state index contributed by atoms with van der Waals surface area (Å²) >= 11 is 0.995. The van der Waals surface area contributed by atoms with Crippen LogP contribution in [0.15, 0.2) is 30.5 Å². The minimum absolute atomic E-state index is 0.0643. The van der Waals surface area contributed by atoms with Crippen molar-refractivity contribution in [1.29, 1.82) is 0 Å². The number of amides is 1. The molecule has 0 saturated heterocycles. The minimum Gasteiger partial charge on any atom is -0.460 e. The Kier molecular flexibility index (Phi) is 5.20. The number of nitrogens with zero attached hydrogens (tertiary/aromatic N) is 2. The highest BCUT2D eigenvalue weighted by molar-refractivity contribution is 7.13. The van der Waals surface area contributed by atoms with Crippen LogP contribution < -0.4 is 10.1 Å². The molecule has 0 aliphatic heterocycles. The average Bonchev–Trinajstić information content (AvgIpc) is 3.08. The van der Waals surface area contributed by atoms with Crippen LogP contribution in [0.5, 0.6) is 5.19 Å². The van der Waals surface area contributed by atoms with Crippen molar-refractivity contribution < 1.29 is 22.7 Å². The lowest BCUT2D eigenvalue weighted by Gasteiger charge is -2.11. The van der Waals surface area contributed by atoms with Crippen LogP contribution in [0.4, 0.5) is 13.2 Å². The van der Waals surface area contributed by atoms with Gasteiger partial charge in [-0.1, -0.05) is 23.5 Å². The molecule has 1 saturated carbocycles. The maximum atomic E-state index is 12.4. The molecule has 2 heterocycles. The van der Waals surface area contributed by atoms with Crippen LogP contribution in [0.2, 0.25) is 0 Å². The van der Waals surface area contributed by atoms with E-state index in [4.69, 9.17) is 0 Å². The smallest absolute Gasteiger partial charge is 0.422 e. The molecule has 2 N–H and O–H groups in total. The average molecular weight is 424 g/mol. The summed E-state index contributed by atoms with van der Waals surface area (Å²) in [7, 11) is 0. The maximum absolute atomic E-state index is 12.4. The number of H-pyrrole nitrogens is 1. The van der Waals surface area contributed by atoms with Gasteiger partial charge in [-0.2, -0.15) is 13.2 Å². The number of para-hydroxylation sites is 2. The number of halogens is 3. The number of aromatic amines is 1. The summed E-state index contributed by atoms with van der Waals surface area (Å²) in [6.45, 7) is 0.383. The third-order valence-electron chi connectivity index (χ3n) is 4.80. The molecule has 154 valence electrons. The minimum atomic E-state index is -4.41. The summed E-state index contributed by atoms with van der Waals surface area (Å²) in [4.78, 5) is 24.7. The molecule has 0 unspecified atom stereocenters. The first-order valence-electron chi connectivity index (χ1n) is 9.18. The van der Waals surface area contributed by atoms with Crippen molar-refractivity contribution in [1.82, 2.24) is 20.3 Å². The number of carbonyl (C=O) groups is 1. The van der Waals surface area contributed by atoms with Crippen molar-refractivity contribution in [3.8, 4) is 5.19 Å². The molecule has 29 heavy (non-hydrogen) atoms. The first-order chi connectivity index (χ1) is 13.8. The van der Waals surface area contributed by atoms with E-state index in [-0.39, 0.29) is 29.0 Å². The molecule has 3 aromatic rings. The van der Waals surface area contributed by atoms with Gasteiger partial charge in [0.25, 0.3) is 5.19 Å². The molecular formula is C19H19F3N4O2S. The number of hydrogen-bond acceptors (Lipinski definition) is 5. The van der Waals surface area contributed by atoms with Crippen molar-refractivity contribution in [3.63, 3.8) is 0 Å². The van der Waals surface area contributed by atoms with Gasteiger partial charge in [0.15, 0.2) is 6.61 Å². The van der Waals surface area contributed by atoms with E-state index in [2.05, 4.69) is 25.0 Å². The Morgan fingerprint density at radius 2 is 2.21 bits per heavy atom. The lowest BCUT2D eigenvalue weighted by Crippen LogP contribution is -2.26. The number of benzene rings is 1. The molecule has 1 aliphatic carbocycles. The summed E-state index contributed by atoms with van der Waals surface area (Å²) in [6, 6.07) is 7.45. The zero-order chi connectivity index (χ0) is 20.6. The topological polar surface area (TPSA) is 79.9 Å². The SMILES string of the molecule is C[C@H](NC(=O)C[C@H]1C[C@H]1c1nc2ccccc2[nH]1)c1cnc(OCC(F)(F)F)s1. The third kappa shape index (κ3) is 4.87. The summed E-state index contributed by atoms with van der Waals surface area (Å²) in [6.07, 6.45) is -1.71. The fourth-order valence-electron chi connectivity index (χ4n) is 3.25. The van der Waals surface area contributed by atoms with Crippen molar-refractivity contribution in [3.05, 3.63) is 41.2 Å². The first kappa shape index (κ1) is 19.7. The normalized spacial score (nSPS) is 19.9. The number of aromatic nitrogens is 3. The van der Waals surface area contributed by atoms with Crippen molar-refractivity contribution in [2.75, 3.05) is 6.61 Å². The first-order valence-corrected chi connectivity index (χ1v) is 9.99. The van der Waals surface area contributed by atoms with Gasteiger partial charge in [0.1, 0.15) is 5.82 Å². The molecule has 1 fully saturated rings. The van der Waals surface area contributed by atoms with Crippen LogP contribution in [0.1, 0.15) is 42.4 Å². The van der Waals surface area contributed by atoms with E-state index >= 15 is 0 Å². The molecular weight excluding hydrogens is 405 g/mol. The molecule has 1 amide bonds. The molecule has 10 heteroatoms. The molecule has 2 aromatic heterocycles. The monoisotopic (exact) mass is 424 g/mol. The molecule has 0 spiro atoms. The van der Waals surface area contributed by atoms with Gasteiger partial charge in [-0.25, -0.2) is 9.97 Å². The van der Waals surface area contributed by atoms with Crippen molar-refractivity contribution >= 4 is 28.3 Å². The standard InChI is InChI=1S/C19H19F3N4O2S/c1-10(15-8-23-18(29-15)28-9-19(20,21)22)24-16(27)7-11-6-12(11)17-25-13-4-2-3-5-14(13)26-17/h2-5,8,10-12H,6-7,9H2,1H3,(H,24,27)(H,25,26)/t10-,11+,12+/m0/s1. The van der Waals surface area contributed by atoms with Gasteiger partial charge in [0.05, 0.1) is 22.0 Å². The second-order valence-electron chi connectivity index (χ2n) is 7.17. The molecule has 0 radical (unpaired) electrons. The largest absolute Gasteiger partial charge is 0.460 e. The lowest BCUT2D eigenvalue weighted by molar-refractivity contribution is -0.153. The Bertz CT molecular complexity index is 983. The van der Waals surface area contributed by atoms with Gasteiger partial charge in [-0.3, -0.25) is 4.79 Å². The quantitative estimate of drug-likeness (QED) is 0.592. The molecule has 0 bridgehead atoms. The van der Waals surface area contributed by atoms with Crippen molar-refractivity contribution in [2.45, 2.75) is 37.9 Å². The van der Waals surface area contributed by atoms with Crippen LogP contribution in [0.3, 0.4) is 0 Å². The van der Waals surface area contributed by atoms with Gasteiger partial charge in [-0.15, -0.1) is 0 Å². The Morgan fingerprint density at radius 3 is 2.97 bits per heavy atom. The van der Waals surface area contributed by atoms with Gasteiger partial charge in [-0.05, 0) is 31.4 Å². The summed E-state index contributed by atoms with van der Waals surface area (Å²) in [5.41, 5.74) is 1.90. The molecule has 4 rings (SSSR count). The van der Waals surface area contributed by atoms with Crippen molar-refractivity contribution in [2.24, 2.45) is 5.92 Å². The van der Waals surface area contributed by atoms with E-state index in [9.17, 15) is 18.0 Å². The molecule has 6 nitrogen and oxygen atoms in total. The number of nitrogens with one attached hydrogen (secondary N) is 2. The van der Waals surface area contributed by atoms with E-state index in [1.165, 1.54) is 6.20 Å². The molecule has 3 atom stereocenters. The number of carbonyl (C=O) groups excluding carboxylic acids is 1. The van der Waals surface area contributed by atoms with E-state index in [1.807, 2.05) is 24.3 Å². The highest BCUT2D eigenvalue weighted by atomic mass is 32.1. The zero-order valence-electron chi connectivity index (χ0n) is 15.5. The number of thiazole rings is 1. The van der Waals surface area contributed by atoms with Crippen LogP contribution in [0.25, 0.3) is 11.0 Å². The van der Waals surface area contributed by atoms with Gasteiger partial charge >= 0.3 is 6.18 Å². The highest BCUT2D eigenvalue weighted by Gasteiger charge is 2.42. The van der Waals surface area contributed by atoms with Crippen LogP contribution in [-0.4, -0.2) is 33.6 Å². The maximum Gasteiger partial charge on any atom is 0.422 e. The van der Waals surface area contributed by atoms with E-state index in [0.29, 0.717) is 11.3 Å². The Labute approximate surface area is 168 Å². The number of alkyl halides is 3. The zero-order valence-corrected chi connectivity index (χ0v) is 16.3. The van der Waals surface area contributed by atoms with E-state index in [0.717, 1.165) is 34.6 Å². The van der Waals surface area contributed by atoms with Gasteiger partial charge in [0, 0.05) is 18.5 Å². The van der Waals surface area contributed by atoms with E-state index < -0.39 is 12.8 Å². The number of ether oxygens (including phenoxy) is 1. The Balaban J connectivity index is 1.27. The molecule has 1 aliphatic rings. The predicted molar refractivity (Wildman–Crippen MR) is 102 cm³/mol. The van der Waals surface area contributed by atoms with Gasteiger partial charge in [0.2, 0.25) is 5.91 Å². The van der Waals surface area contributed by atoms with Gasteiger partial charge < -0.3 is 15.0 Å². The molecule has 1 aromatic carbocycles. The summed E-state index contributed by atoms with van der Waals surface area (Å²) in [5, 5.41) is 2.81. The summed E-state index contributed by atoms with van der Waals surface area (Å²) < 4.78 is 41.3. The summed E-state index contributed by atoms with van der Waals surface area (Å²) in [5.74, 6) is 1.28.